The molecule has 0 fully saturated rings. The van der Waals surface area contributed by atoms with Crippen molar-refractivity contribution in [2.75, 3.05) is 0 Å². The maximum Gasteiger partial charge on any atom is 0.144 e. The lowest BCUT2D eigenvalue weighted by Crippen LogP contribution is -1.93. The van der Waals surface area contributed by atoms with Crippen molar-refractivity contribution in [3.8, 4) is 11.3 Å². The van der Waals surface area contributed by atoms with Crippen LogP contribution in [-0.4, -0.2) is 10.7 Å². The quantitative estimate of drug-likeness (QED) is 0.775. The van der Waals surface area contributed by atoms with Gasteiger partial charge in [0.2, 0.25) is 0 Å². The lowest BCUT2D eigenvalue weighted by molar-refractivity contribution is 0.972. The van der Waals surface area contributed by atoms with E-state index in [0.717, 1.165) is 22.0 Å². The van der Waals surface area contributed by atoms with E-state index in [2.05, 4.69) is 27.6 Å². The van der Waals surface area contributed by atoms with Gasteiger partial charge in [0.1, 0.15) is 10.7 Å². The van der Waals surface area contributed by atoms with Crippen LogP contribution in [0.4, 0.5) is 0 Å². The second-order valence-electron chi connectivity index (χ2n) is 3.32. The second kappa shape index (κ2) is 3.90. The van der Waals surface area contributed by atoms with Crippen molar-refractivity contribution < 1.29 is 0 Å². The molecule has 0 atom stereocenters. The first-order valence-electron chi connectivity index (χ1n) is 4.89. The smallest absolute Gasteiger partial charge is 0.144 e. The van der Waals surface area contributed by atoms with Crippen LogP contribution in [0.2, 0.25) is 0 Å². The normalized spacial score (nSPS) is 13.6. The van der Waals surface area contributed by atoms with E-state index in [9.17, 15) is 0 Å². The highest BCUT2D eigenvalue weighted by atomic mass is 32.1. The highest BCUT2D eigenvalue weighted by molar-refractivity contribution is 7.12. The van der Waals surface area contributed by atoms with E-state index in [0.29, 0.717) is 0 Å². The van der Waals surface area contributed by atoms with Gasteiger partial charge in [0.05, 0.1) is 11.9 Å². The molecule has 0 aliphatic carbocycles. The Bertz CT molecular complexity index is 555. The molecule has 1 aromatic heterocycles. The molecule has 2 aromatic rings. The van der Waals surface area contributed by atoms with Crippen LogP contribution < -0.4 is 5.43 Å². The predicted molar refractivity (Wildman–Crippen MR) is 65.4 cm³/mol. The van der Waals surface area contributed by atoms with E-state index in [-0.39, 0.29) is 0 Å². The molecule has 1 aliphatic heterocycles. The van der Waals surface area contributed by atoms with Gasteiger partial charge < -0.3 is 0 Å². The van der Waals surface area contributed by atoms with Crippen LogP contribution in [0, 0.1) is 0 Å². The number of rotatable bonds is 2. The van der Waals surface area contributed by atoms with Gasteiger partial charge in [0.25, 0.3) is 0 Å². The molecule has 16 heavy (non-hydrogen) atoms. The fourth-order valence-corrected chi connectivity index (χ4v) is 2.27. The molecule has 77 valence electrons. The van der Waals surface area contributed by atoms with E-state index < -0.39 is 0 Å². The van der Waals surface area contributed by atoms with Crippen molar-refractivity contribution in [2.24, 2.45) is 5.10 Å². The van der Waals surface area contributed by atoms with E-state index >= 15 is 0 Å². The third-order valence-electron chi connectivity index (χ3n) is 2.26. The zero-order valence-electron chi connectivity index (χ0n) is 8.37. The summed E-state index contributed by atoms with van der Waals surface area (Å²) in [5.74, 6) is 0. The van der Waals surface area contributed by atoms with E-state index in [1.54, 1.807) is 17.5 Å². The average Bonchev–Trinajstić information content (AvgIpc) is 3.01. The molecular weight excluding hydrogens is 218 g/mol. The summed E-state index contributed by atoms with van der Waals surface area (Å²) in [7, 11) is 0. The first-order valence-corrected chi connectivity index (χ1v) is 5.77. The Morgan fingerprint density at radius 3 is 2.69 bits per heavy atom. The third kappa shape index (κ3) is 1.63. The van der Waals surface area contributed by atoms with Crippen molar-refractivity contribution in [3.63, 3.8) is 0 Å². The molecule has 0 saturated carbocycles. The topological polar surface area (TPSA) is 39.4 Å². The zero-order valence-corrected chi connectivity index (χ0v) is 9.19. The number of benzene rings is 1. The number of thiazole rings is 1. The minimum absolute atomic E-state index is 0.840. The first-order chi connectivity index (χ1) is 7.93. The van der Waals surface area contributed by atoms with Crippen LogP contribution in [0.15, 0.2) is 53.1 Å². The molecule has 0 saturated heterocycles. The van der Waals surface area contributed by atoms with Gasteiger partial charge in [-0.3, -0.25) is 0 Å². The molecule has 2 heterocycles. The average molecular weight is 226 g/mol. The standard InChI is InChI=1S/C12H8N3S/c1-2-4-9(5-3-1)11-8-16-12(14-11)10-6-7-13-15-10/h1-8H. The molecule has 0 amide bonds. The van der Waals surface area contributed by atoms with E-state index in [1.807, 2.05) is 29.7 Å². The van der Waals surface area contributed by atoms with Crippen molar-refractivity contribution in [3.05, 3.63) is 53.0 Å². The van der Waals surface area contributed by atoms with Crippen LogP contribution in [0.3, 0.4) is 0 Å². The number of nitrogens with zero attached hydrogens (tertiary/aromatic N) is 3. The number of hydrogen-bond acceptors (Lipinski definition) is 3. The summed E-state index contributed by atoms with van der Waals surface area (Å²) in [5.41, 5.74) is 6.76. The Labute approximate surface area is 97.2 Å². The Balaban J connectivity index is 1.97. The highest BCUT2D eigenvalue weighted by Crippen LogP contribution is 2.22. The monoisotopic (exact) mass is 226 g/mol. The maximum absolute atomic E-state index is 4.54. The SMILES string of the molecule is C1=CC(c2nc(-c3ccccc3)cs2)=N[N]1. The van der Waals surface area contributed by atoms with Gasteiger partial charge in [0, 0.05) is 10.9 Å². The molecule has 1 radical (unpaired) electrons. The number of allylic oxidation sites excluding steroid dienone is 1. The summed E-state index contributed by atoms with van der Waals surface area (Å²) < 4.78 is 0. The van der Waals surface area contributed by atoms with Crippen molar-refractivity contribution >= 4 is 17.0 Å². The molecular formula is C12H8N3S. The second-order valence-corrected chi connectivity index (χ2v) is 4.18. The van der Waals surface area contributed by atoms with Gasteiger partial charge in [-0.05, 0) is 6.08 Å². The lowest BCUT2D eigenvalue weighted by atomic mass is 10.2. The predicted octanol–water partition coefficient (Wildman–Crippen LogP) is 2.65. The Hall–Kier alpha value is -1.94. The van der Waals surface area contributed by atoms with Gasteiger partial charge in [-0.1, -0.05) is 30.3 Å². The molecule has 0 N–H and O–H groups in total. The largest absolute Gasteiger partial charge is 0.234 e. The summed E-state index contributed by atoms with van der Waals surface area (Å²) >= 11 is 1.59. The summed E-state index contributed by atoms with van der Waals surface area (Å²) in [6.07, 6.45) is 3.55. The molecule has 3 nitrogen and oxygen atoms in total. The van der Waals surface area contributed by atoms with E-state index in [4.69, 9.17) is 0 Å². The number of aromatic nitrogens is 1. The Morgan fingerprint density at radius 1 is 1.06 bits per heavy atom. The summed E-state index contributed by atoms with van der Waals surface area (Å²) in [6.45, 7) is 0. The summed E-state index contributed by atoms with van der Waals surface area (Å²) in [6, 6.07) is 10.1. The van der Waals surface area contributed by atoms with Crippen LogP contribution in [0.25, 0.3) is 11.3 Å². The van der Waals surface area contributed by atoms with Crippen LogP contribution in [0.5, 0.6) is 0 Å². The maximum atomic E-state index is 4.54. The van der Waals surface area contributed by atoms with Crippen molar-refractivity contribution in [2.45, 2.75) is 0 Å². The van der Waals surface area contributed by atoms with Crippen LogP contribution in [0.1, 0.15) is 5.01 Å². The Kier molecular flexibility index (Phi) is 2.27. The van der Waals surface area contributed by atoms with Crippen LogP contribution >= 0.6 is 11.3 Å². The molecule has 0 spiro atoms. The zero-order chi connectivity index (χ0) is 10.8. The minimum Gasteiger partial charge on any atom is -0.234 e. The molecule has 4 heteroatoms. The molecule has 0 bridgehead atoms. The van der Waals surface area contributed by atoms with Crippen molar-refractivity contribution in [1.82, 2.24) is 10.4 Å². The van der Waals surface area contributed by atoms with Crippen LogP contribution in [-0.2, 0) is 0 Å². The molecule has 0 unspecified atom stereocenters. The fourth-order valence-electron chi connectivity index (χ4n) is 1.48. The fraction of sp³-hybridized carbons (Fsp3) is 0. The summed E-state index contributed by atoms with van der Waals surface area (Å²) in [4.78, 5) is 4.54. The minimum atomic E-state index is 0.840. The summed E-state index contributed by atoms with van der Waals surface area (Å²) in [5, 5.41) is 6.95. The highest BCUT2D eigenvalue weighted by Gasteiger charge is 2.10. The number of hydrogen-bond donors (Lipinski definition) is 0. The lowest BCUT2D eigenvalue weighted by Gasteiger charge is -1.93. The van der Waals surface area contributed by atoms with Gasteiger partial charge in [-0.25, -0.2) is 4.98 Å². The molecule has 3 rings (SSSR count). The third-order valence-corrected chi connectivity index (χ3v) is 3.12. The molecule has 1 aliphatic rings. The Morgan fingerprint density at radius 2 is 1.94 bits per heavy atom. The van der Waals surface area contributed by atoms with Crippen molar-refractivity contribution in [1.29, 1.82) is 0 Å². The van der Waals surface area contributed by atoms with Gasteiger partial charge in [0.15, 0.2) is 0 Å². The van der Waals surface area contributed by atoms with Gasteiger partial charge >= 0.3 is 0 Å². The van der Waals surface area contributed by atoms with E-state index in [1.165, 1.54) is 0 Å². The van der Waals surface area contributed by atoms with Gasteiger partial charge in [-0.2, -0.15) is 5.43 Å². The molecule has 1 aromatic carbocycles. The van der Waals surface area contributed by atoms with Gasteiger partial charge in [-0.15, -0.1) is 16.4 Å². The first kappa shape index (κ1) is 9.30.